The molecular formula is C13H16N2O2. The average Bonchev–Trinajstić information content (AvgIpc) is 2.48. The van der Waals surface area contributed by atoms with Gasteiger partial charge in [0.2, 0.25) is 11.8 Å². The fourth-order valence-electron chi connectivity index (χ4n) is 2.17. The minimum Gasteiger partial charge on any atom is -0.369 e. The molecule has 1 aromatic rings. The van der Waals surface area contributed by atoms with E-state index < -0.39 is 11.8 Å². The molecule has 90 valence electrons. The van der Waals surface area contributed by atoms with Gasteiger partial charge in [-0.1, -0.05) is 31.2 Å². The number of rotatable bonds is 2. The lowest BCUT2D eigenvalue weighted by Gasteiger charge is -2.18. The smallest absolute Gasteiger partial charge is 0.224 e. The van der Waals surface area contributed by atoms with E-state index in [2.05, 4.69) is 5.32 Å². The Morgan fingerprint density at radius 1 is 1.41 bits per heavy atom. The molecule has 2 atom stereocenters. The molecule has 0 bridgehead atoms. The lowest BCUT2D eigenvalue weighted by molar-refractivity contribution is -0.132. The van der Waals surface area contributed by atoms with Crippen LogP contribution in [0.3, 0.4) is 0 Å². The maximum Gasteiger partial charge on any atom is 0.224 e. The fraction of sp³-hybridized carbons (Fsp3) is 0.385. The topological polar surface area (TPSA) is 72.2 Å². The molecule has 2 amide bonds. The van der Waals surface area contributed by atoms with E-state index in [0.29, 0.717) is 13.0 Å². The third-order valence-corrected chi connectivity index (χ3v) is 3.40. The number of carbonyl (C=O) groups excluding carboxylic acids is 2. The van der Waals surface area contributed by atoms with E-state index in [0.717, 1.165) is 11.1 Å². The lowest BCUT2D eigenvalue weighted by Crippen LogP contribution is -2.38. The summed E-state index contributed by atoms with van der Waals surface area (Å²) in [6.07, 6.45) is 0.576. The molecule has 1 aliphatic heterocycles. The predicted molar refractivity (Wildman–Crippen MR) is 63.8 cm³/mol. The van der Waals surface area contributed by atoms with Gasteiger partial charge in [0.15, 0.2) is 0 Å². The summed E-state index contributed by atoms with van der Waals surface area (Å²) in [6.45, 7) is 2.23. The van der Waals surface area contributed by atoms with Crippen LogP contribution in [0.5, 0.6) is 0 Å². The molecule has 2 rings (SSSR count). The van der Waals surface area contributed by atoms with Crippen molar-refractivity contribution in [3.05, 3.63) is 35.4 Å². The fourth-order valence-corrected chi connectivity index (χ4v) is 2.17. The molecule has 17 heavy (non-hydrogen) atoms. The maximum atomic E-state index is 11.9. The number of nitrogens with one attached hydrogen (secondary N) is 1. The lowest BCUT2D eigenvalue weighted by atomic mass is 9.86. The number of carbonyl (C=O) groups is 2. The molecule has 4 nitrogen and oxygen atoms in total. The SMILES string of the molecule is CC(C(N)=O)[C@@H]1Cc2ccccc2CNC1=O. The highest BCUT2D eigenvalue weighted by Crippen LogP contribution is 2.23. The van der Waals surface area contributed by atoms with E-state index in [4.69, 9.17) is 5.73 Å². The molecule has 0 aromatic heterocycles. The van der Waals surface area contributed by atoms with E-state index in [-0.39, 0.29) is 11.8 Å². The van der Waals surface area contributed by atoms with Crippen LogP contribution >= 0.6 is 0 Å². The Labute approximate surface area is 100 Å². The van der Waals surface area contributed by atoms with Crippen molar-refractivity contribution < 1.29 is 9.59 Å². The molecule has 3 N–H and O–H groups in total. The van der Waals surface area contributed by atoms with Crippen LogP contribution in [0.25, 0.3) is 0 Å². The van der Waals surface area contributed by atoms with Gasteiger partial charge in [0.1, 0.15) is 0 Å². The molecular weight excluding hydrogens is 216 g/mol. The van der Waals surface area contributed by atoms with Crippen LogP contribution in [-0.2, 0) is 22.6 Å². The highest BCUT2D eigenvalue weighted by Gasteiger charge is 2.31. The van der Waals surface area contributed by atoms with E-state index in [9.17, 15) is 9.59 Å². The van der Waals surface area contributed by atoms with Crippen LogP contribution in [0.4, 0.5) is 0 Å². The van der Waals surface area contributed by atoms with Crippen molar-refractivity contribution in [3.8, 4) is 0 Å². The highest BCUT2D eigenvalue weighted by atomic mass is 16.2. The molecule has 0 radical (unpaired) electrons. The molecule has 4 heteroatoms. The largest absolute Gasteiger partial charge is 0.369 e. The van der Waals surface area contributed by atoms with Crippen molar-refractivity contribution in [3.63, 3.8) is 0 Å². The quantitative estimate of drug-likeness (QED) is 0.783. The van der Waals surface area contributed by atoms with Gasteiger partial charge in [-0.25, -0.2) is 0 Å². The second kappa shape index (κ2) is 4.57. The van der Waals surface area contributed by atoms with Gasteiger partial charge in [0, 0.05) is 12.5 Å². The maximum absolute atomic E-state index is 11.9. The summed E-state index contributed by atoms with van der Waals surface area (Å²) in [5.74, 6) is -1.32. The molecule has 1 heterocycles. The number of primary amides is 1. The van der Waals surface area contributed by atoms with Gasteiger partial charge >= 0.3 is 0 Å². The Hall–Kier alpha value is -1.84. The van der Waals surface area contributed by atoms with Gasteiger partial charge in [0.05, 0.1) is 5.92 Å². The predicted octanol–water partition coefficient (Wildman–Crippen LogP) is 0.596. The number of fused-ring (bicyclic) bond motifs is 1. The summed E-state index contributed by atoms with van der Waals surface area (Å²) < 4.78 is 0. The van der Waals surface area contributed by atoms with Crippen LogP contribution in [0.15, 0.2) is 24.3 Å². The van der Waals surface area contributed by atoms with Gasteiger partial charge in [-0.2, -0.15) is 0 Å². The van der Waals surface area contributed by atoms with Gasteiger partial charge in [0.25, 0.3) is 0 Å². The summed E-state index contributed by atoms with van der Waals surface area (Å²) in [4.78, 5) is 23.1. The Kier molecular flexibility index (Phi) is 3.13. The van der Waals surface area contributed by atoms with Gasteiger partial charge in [-0.05, 0) is 17.5 Å². The van der Waals surface area contributed by atoms with Gasteiger partial charge in [-0.15, -0.1) is 0 Å². The summed E-state index contributed by atoms with van der Waals surface area (Å²) in [6, 6.07) is 7.88. The zero-order valence-corrected chi connectivity index (χ0v) is 9.77. The second-order valence-electron chi connectivity index (χ2n) is 4.49. The van der Waals surface area contributed by atoms with Crippen molar-refractivity contribution in [2.75, 3.05) is 0 Å². The van der Waals surface area contributed by atoms with Crippen molar-refractivity contribution in [1.82, 2.24) is 5.32 Å². The zero-order chi connectivity index (χ0) is 12.4. The molecule has 1 aliphatic rings. The Bertz CT molecular complexity index is 456. The van der Waals surface area contributed by atoms with E-state index in [1.165, 1.54) is 0 Å². The average molecular weight is 232 g/mol. The Morgan fingerprint density at radius 2 is 2.06 bits per heavy atom. The van der Waals surface area contributed by atoms with Gasteiger partial charge < -0.3 is 11.1 Å². The van der Waals surface area contributed by atoms with Crippen LogP contribution < -0.4 is 11.1 Å². The molecule has 0 aliphatic carbocycles. The third kappa shape index (κ3) is 2.30. The first-order valence-electron chi connectivity index (χ1n) is 5.73. The summed E-state index contributed by atoms with van der Waals surface area (Å²) in [7, 11) is 0. The van der Waals surface area contributed by atoms with Crippen LogP contribution in [0, 0.1) is 11.8 Å². The Balaban J connectivity index is 2.30. The molecule has 1 unspecified atom stereocenters. The second-order valence-corrected chi connectivity index (χ2v) is 4.49. The standard InChI is InChI=1S/C13H16N2O2/c1-8(12(14)16)11-6-9-4-2-3-5-10(9)7-15-13(11)17/h2-5,8,11H,6-7H2,1H3,(H2,14,16)(H,15,17)/t8?,11-/m0/s1. The number of hydrogen-bond donors (Lipinski definition) is 2. The number of amides is 2. The van der Waals surface area contributed by atoms with Crippen LogP contribution in [0.1, 0.15) is 18.1 Å². The van der Waals surface area contributed by atoms with Crippen molar-refractivity contribution >= 4 is 11.8 Å². The van der Waals surface area contributed by atoms with E-state index in [1.807, 2.05) is 24.3 Å². The van der Waals surface area contributed by atoms with E-state index >= 15 is 0 Å². The first-order valence-corrected chi connectivity index (χ1v) is 5.73. The van der Waals surface area contributed by atoms with Gasteiger partial charge in [-0.3, -0.25) is 9.59 Å². The van der Waals surface area contributed by atoms with E-state index in [1.54, 1.807) is 6.92 Å². The third-order valence-electron chi connectivity index (χ3n) is 3.40. The van der Waals surface area contributed by atoms with Crippen molar-refractivity contribution in [2.24, 2.45) is 17.6 Å². The van der Waals surface area contributed by atoms with Crippen molar-refractivity contribution in [1.29, 1.82) is 0 Å². The molecule has 0 saturated carbocycles. The first-order chi connectivity index (χ1) is 8.09. The zero-order valence-electron chi connectivity index (χ0n) is 9.77. The minimum atomic E-state index is -0.443. The minimum absolute atomic E-state index is 0.0903. The summed E-state index contributed by atoms with van der Waals surface area (Å²) in [5, 5.41) is 2.84. The molecule has 0 fully saturated rings. The summed E-state index contributed by atoms with van der Waals surface area (Å²) in [5.41, 5.74) is 7.51. The van der Waals surface area contributed by atoms with Crippen molar-refractivity contribution in [2.45, 2.75) is 19.9 Å². The Morgan fingerprint density at radius 3 is 2.71 bits per heavy atom. The van der Waals surface area contributed by atoms with Crippen LogP contribution in [-0.4, -0.2) is 11.8 Å². The monoisotopic (exact) mass is 232 g/mol. The highest BCUT2D eigenvalue weighted by molar-refractivity contribution is 5.87. The number of hydrogen-bond acceptors (Lipinski definition) is 2. The first kappa shape index (κ1) is 11.6. The molecule has 1 aromatic carbocycles. The molecule has 0 spiro atoms. The number of benzene rings is 1. The normalized spacial score (nSPS) is 21.0. The number of nitrogens with two attached hydrogens (primary N) is 1. The summed E-state index contributed by atoms with van der Waals surface area (Å²) >= 11 is 0. The molecule has 0 saturated heterocycles. The van der Waals surface area contributed by atoms with Crippen LogP contribution in [0.2, 0.25) is 0 Å².